The summed E-state index contributed by atoms with van der Waals surface area (Å²) in [5.74, 6) is 0.826. The van der Waals surface area contributed by atoms with Crippen LogP contribution in [0.5, 0.6) is 5.75 Å². The molecular formula is C14H16Br2N2OS. The van der Waals surface area contributed by atoms with Gasteiger partial charge in [0.1, 0.15) is 12.4 Å². The van der Waals surface area contributed by atoms with Gasteiger partial charge in [-0.05, 0) is 49.6 Å². The van der Waals surface area contributed by atoms with Crippen molar-refractivity contribution in [3.63, 3.8) is 0 Å². The van der Waals surface area contributed by atoms with E-state index < -0.39 is 0 Å². The lowest BCUT2D eigenvalue weighted by molar-refractivity contribution is 0.305. The molecule has 0 aliphatic heterocycles. The molecular weight excluding hydrogens is 404 g/mol. The van der Waals surface area contributed by atoms with Crippen molar-refractivity contribution >= 4 is 43.2 Å². The van der Waals surface area contributed by atoms with Gasteiger partial charge in [-0.3, -0.25) is 4.98 Å². The molecule has 20 heavy (non-hydrogen) atoms. The molecule has 6 heteroatoms. The van der Waals surface area contributed by atoms with E-state index in [2.05, 4.69) is 68.1 Å². The van der Waals surface area contributed by atoms with Crippen LogP contribution in [0.4, 0.5) is 0 Å². The van der Waals surface area contributed by atoms with Crippen LogP contribution in [-0.4, -0.2) is 11.0 Å². The molecule has 2 aromatic rings. The number of nitrogens with one attached hydrogen (secondary N) is 1. The van der Waals surface area contributed by atoms with Crippen molar-refractivity contribution in [3.8, 4) is 5.75 Å². The molecule has 0 bridgehead atoms. The number of aromatic nitrogens is 1. The van der Waals surface area contributed by atoms with Gasteiger partial charge < -0.3 is 10.1 Å². The summed E-state index contributed by atoms with van der Waals surface area (Å²) < 4.78 is 7.76. The first-order valence-electron chi connectivity index (χ1n) is 6.27. The summed E-state index contributed by atoms with van der Waals surface area (Å²) in [5, 5.41) is 3.40. The Balaban J connectivity index is 2.06. The van der Waals surface area contributed by atoms with Crippen molar-refractivity contribution in [3.05, 3.63) is 43.2 Å². The van der Waals surface area contributed by atoms with E-state index in [0.29, 0.717) is 12.6 Å². The minimum atomic E-state index is 0.467. The molecule has 1 aromatic heterocycles. The Hall–Kier alpha value is -0.430. The van der Waals surface area contributed by atoms with Crippen molar-refractivity contribution < 1.29 is 4.74 Å². The molecule has 0 aliphatic carbocycles. The first-order chi connectivity index (χ1) is 9.56. The molecule has 0 radical (unpaired) electrons. The summed E-state index contributed by atoms with van der Waals surface area (Å²) >= 11 is 8.74. The lowest BCUT2D eigenvalue weighted by atomic mass is 10.2. The Morgan fingerprint density at radius 2 is 2.00 bits per heavy atom. The smallest absolute Gasteiger partial charge is 0.148 e. The lowest BCUT2D eigenvalue weighted by Gasteiger charge is -2.13. The number of hydrogen-bond donors (Lipinski definition) is 1. The average Bonchev–Trinajstić information content (AvgIpc) is 2.88. The molecule has 108 valence electrons. The van der Waals surface area contributed by atoms with Gasteiger partial charge in [0.2, 0.25) is 0 Å². The maximum atomic E-state index is 5.85. The van der Waals surface area contributed by atoms with Gasteiger partial charge in [-0.15, -0.1) is 11.3 Å². The molecule has 0 atom stereocenters. The van der Waals surface area contributed by atoms with Gasteiger partial charge in [-0.2, -0.15) is 0 Å². The molecule has 0 spiro atoms. The second kappa shape index (κ2) is 7.54. The summed E-state index contributed by atoms with van der Waals surface area (Å²) in [6.45, 7) is 5.64. The number of benzene rings is 1. The first kappa shape index (κ1) is 15.9. The molecule has 1 aromatic carbocycles. The van der Waals surface area contributed by atoms with Gasteiger partial charge in [0, 0.05) is 18.8 Å². The second-order valence-corrected chi connectivity index (χ2v) is 7.36. The van der Waals surface area contributed by atoms with E-state index in [-0.39, 0.29) is 0 Å². The summed E-state index contributed by atoms with van der Waals surface area (Å²) in [6.07, 6.45) is 1.83. The van der Waals surface area contributed by atoms with Gasteiger partial charge in [0.05, 0.1) is 19.3 Å². The highest BCUT2D eigenvalue weighted by Crippen LogP contribution is 2.35. The number of thiazole rings is 1. The van der Waals surface area contributed by atoms with Crippen molar-refractivity contribution in [2.75, 3.05) is 0 Å². The molecule has 0 amide bonds. The van der Waals surface area contributed by atoms with E-state index in [1.165, 1.54) is 5.56 Å². The maximum Gasteiger partial charge on any atom is 0.148 e. The minimum absolute atomic E-state index is 0.467. The molecule has 0 saturated carbocycles. The molecule has 0 unspecified atom stereocenters. The molecule has 1 heterocycles. The van der Waals surface area contributed by atoms with Crippen LogP contribution in [0.25, 0.3) is 0 Å². The van der Waals surface area contributed by atoms with Crippen LogP contribution in [0.1, 0.15) is 24.3 Å². The quantitative estimate of drug-likeness (QED) is 0.733. The highest BCUT2D eigenvalue weighted by molar-refractivity contribution is 9.11. The van der Waals surface area contributed by atoms with Crippen LogP contribution >= 0.6 is 43.2 Å². The molecule has 0 fully saturated rings. The Morgan fingerprint density at radius 3 is 2.55 bits per heavy atom. The van der Waals surface area contributed by atoms with E-state index in [1.54, 1.807) is 11.3 Å². The standard InChI is InChI=1S/C14H16Br2N2OS/c1-9(2)18-5-10-3-12(15)14(13(16)4-10)19-7-11-6-17-8-20-11/h3-4,6,8-9,18H,5,7H2,1-2H3. The van der Waals surface area contributed by atoms with Gasteiger partial charge in [-0.1, -0.05) is 13.8 Å². The summed E-state index contributed by atoms with van der Waals surface area (Å²) in [6, 6.07) is 4.64. The van der Waals surface area contributed by atoms with Crippen molar-refractivity contribution in [2.24, 2.45) is 0 Å². The maximum absolute atomic E-state index is 5.85. The summed E-state index contributed by atoms with van der Waals surface area (Å²) in [5.41, 5.74) is 3.02. The third-order valence-electron chi connectivity index (χ3n) is 2.61. The Morgan fingerprint density at radius 1 is 1.30 bits per heavy atom. The van der Waals surface area contributed by atoms with Crippen molar-refractivity contribution in [1.82, 2.24) is 10.3 Å². The van der Waals surface area contributed by atoms with Gasteiger partial charge in [0.25, 0.3) is 0 Å². The fourth-order valence-corrected chi connectivity index (χ4v) is 3.65. The number of hydrogen-bond acceptors (Lipinski definition) is 4. The van der Waals surface area contributed by atoms with E-state index >= 15 is 0 Å². The number of nitrogens with zero attached hydrogens (tertiary/aromatic N) is 1. The minimum Gasteiger partial charge on any atom is -0.486 e. The Bertz CT molecular complexity index is 535. The third kappa shape index (κ3) is 4.55. The molecule has 0 aliphatic rings. The zero-order valence-electron chi connectivity index (χ0n) is 11.3. The first-order valence-corrected chi connectivity index (χ1v) is 8.74. The number of rotatable bonds is 6. The van der Waals surface area contributed by atoms with Gasteiger partial charge >= 0.3 is 0 Å². The third-order valence-corrected chi connectivity index (χ3v) is 4.55. The SMILES string of the molecule is CC(C)NCc1cc(Br)c(OCc2cncs2)c(Br)c1. The van der Waals surface area contributed by atoms with Gasteiger partial charge in [-0.25, -0.2) is 0 Å². The van der Waals surface area contributed by atoms with Crippen LogP contribution < -0.4 is 10.1 Å². The fraction of sp³-hybridized carbons (Fsp3) is 0.357. The van der Waals surface area contributed by atoms with Crippen molar-refractivity contribution in [2.45, 2.75) is 33.0 Å². The largest absolute Gasteiger partial charge is 0.486 e. The van der Waals surface area contributed by atoms with Gasteiger partial charge in [0.15, 0.2) is 0 Å². The number of ether oxygens (including phenoxy) is 1. The van der Waals surface area contributed by atoms with Crippen LogP contribution in [0.2, 0.25) is 0 Å². The zero-order valence-corrected chi connectivity index (χ0v) is 15.3. The summed E-state index contributed by atoms with van der Waals surface area (Å²) in [7, 11) is 0. The normalized spacial score (nSPS) is 11.1. The van der Waals surface area contributed by atoms with E-state index in [4.69, 9.17) is 4.74 Å². The molecule has 0 saturated heterocycles. The second-order valence-electron chi connectivity index (χ2n) is 4.68. The highest BCUT2D eigenvalue weighted by atomic mass is 79.9. The highest BCUT2D eigenvalue weighted by Gasteiger charge is 2.10. The van der Waals surface area contributed by atoms with Crippen LogP contribution in [0.3, 0.4) is 0 Å². The fourth-order valence-electron chi connectivity index (χ4n) is 1.63. The molecule has 3 nitrogen and oxygen atoms in total. The molecule has 2 rings (SSSR count). The van der Waals surface area contributed by atoms with E-state index in [0.717, 1.165) is 26.1 Å². The average molecular weight is 420 g/mol. The monoisotopic (exact) mass is 418 g/mol. The number of halogens is 2. The predicted octanol–water partition coefficient (Wildman–Crippen LogP) is 4.75. The van der Waals surface area contributed by atoms with Crippen molar-refractivity contribution in [1.29, 1.82) is 0 Å². The Labute approximate surface area is 140 Å². The lowest BCUT2D eigenvalue weighted by Crippen LogP contribution is -2.21. The summed E-state index contributed by atoms with van der Waals surface area (Å²) in [4.78, 5) is 5.15. The van der Waals surface area contributed by atoms with Crippen LogP contribution in [0.15, 0.2) is 32.8 Å². The van der Waals surface area contributed by atoms with E-state index in [1.807, 2.05) is 11.7 Å². The topological polar surface area (TPSA) is 34.1 Å². The van der Waals surface area contributed by atoms with E-state index in [9.17, 15) is 0 Å². The Kier molecular flexibility index (Phi) is 6.01. The molecule has 1 N–H and O–H groups in total. The van der Waals surface area contributed by atoms with Crippen LogP contribution in [0, 0.1) is 0 Å². The van der Waals surface area contributed by atoms with Crippen LogP contribution in [-0.2, 0) is 13.2 Å². The predicted molar refractivity (Wildman–Crippen MR) is 90.3 cm³/mol. The zero-order chi connectivity index (χ0) is 14.5.